The third kappa shape index (κ3) is 4.64. The molecule has 0 aliphatic rings. The maximum absolute atomic E-state index is 5.92. The van der Waals surface area contributed by atoms with E-state index in [1.54, 1.807) is 6.20 Å². The first-order valence-corrected chi connectivity index (χ1v) is 15.1. The van der Waals surface area contributed by atoms with Gasteiger partial charge in [0.25, 0.3) is 0 Å². The first-order valence-electron chi connectivity index (χ1n) is 15.1. The maximum Gasteiger partial charge on any atom is 0.0899 e. The van der Waals surface area contributed by atoms with E-state index < -0.39 is 0 Å². The molecule has 0 aliphatic carbocycles. The average Bonchev–Trinajstić information content (AvgIpc) is 3.39. The van der Waals surface area contributed by atoms with Crippen molar-refractivity contribution in [3.63, 3.8) is 0 Å². The van der Waals surface area contributed by atoms with Crippen molar-refractivity contribution >= 4 is 38.5 Å². The minimum atomic E-state index is 0.834. The van der Waals surface area contributed by atoms with E-state index in [9.17, 15) is 0 Å². The standard InChI is InChI=1S/C41H30N4/c1-27-34-12-4-5-15-41(34)45(40(27)20-21-42)33-11-8-10-31(24-33)38-25-32(26-39(44-38)37-14-6-7-22-43-37)29-18-19-36-30(23-29)17-16-28-9-2-3-13-35(28)36/h2-26H,42H2,1H3/b21-20-. The molecule has 0 unspecified atom stereocenters. The topological polar surface area (TPSA) is 56.7 Å². The summed E-state index contributed by atoms with van der Waals surface area (Å²) < 4.78 is 2.27. The van der Waals surface area contributed by atoms with E-state index in [1.165, 1.54) is 32.5 Å². The van der Waals surface area contributed by atoms with Crippen LogP contribution in [0.5, 0.6) is 0 Å². The molecule has 4 heteroatoms. The molecule has 0 radical (unpaired) electrons. The average molecular weight is 579 g/mol. The summed E-state index contributed by atoms with van der Waals surface area (Å²) in [5, 5.41) is 6.18. The van der Waals surface area contributed by atoms with Gasteiger partial charge in [0.15, 0.2) is 0 Å². The van der Waals surface area contributed by atoms with Crippen molar-refractivity contribution in [2.24, 2.45) is 5.73 Å². The Labute approximate surface area is 261 Å². The Hall–Kier alpha value is -6.00. The van der Waals surface area contributed by atoms with Crippen molar-refractivity contribution in [1.29, 1.82) is 0 Å². The monoisotopic (exact) mass is 578 g/mol. The molecule has 0 atom stereocenters. The van der Waals surface area contributed by atoms with Crippen LogP contribution >= 0.6 is 0 Å². The number of pyridine rings is 2. The molecule has 0 amide bonds. The molecule has 8 rings (SSSR count). The maximum atomic E-state index is 5.92. The first kappa shape index (κ1) is 26.6. The molecule has 2 N–H and O–H groups in total. The van der Waals surface area contributed by atoms with Crippen molar-refractivity contribution in [2.45, 2.75) is 6.92 Å². The second kappa shape index (κ2) is 10.9. The van der Waals surface area contributed by atoms with Gasteiger partial charge in [-0.1, -0.05) is 84.9 Å². The Morgan fingerprint density at radius 2 is 1.36 bits per heavy atom. The largest absolute Gasteiger partial charge is 0.405 e. The lowest BCUT2D eigenvalue weighted by molar-refractivity contribution is 1.09. The fourth-order valence-corrected chi connectivity index (χ4v) is 6.48. The molecule has 0 spiro atoms. The van der Waals surface area contributed by atoms with Gasteiger partial charge in [-0.05, 0) is 106 Å². The first-order chi connectivity index (χ1) is 22.2. The molecule has 5 aromatic carbocycles. The quantitative estimate of drug-likeness (QED) is 0.207. The summed E-state index contributed by atoms with van der Waals surface area (Å²) >= 11 is 0. The van der Waals surface area contributed by atoms with E-state index in [4.69, 9.17) is 10.7 Å². The third-order valence-electron chi connectivity index (χ3n) is 8.66. The van der Waals surface area contributed by atoms with Crippen LogP contribution < -0.4 is 5.73 Å². The minimum absolute atomic E-state index is 0.834. The van der Waals surface area contributed by atoms with Crippen LogP contribution in [0.4, 0.5) is 0 Å². The van der Waals surface area contributed by atoms with Crippen LogP contribution in [0.25, 0.3) is 78.0 Å². The van der Waals surface area contributed by atoms with Crippen LogP contribution in [0.2, 0.25) is 0 Å². The summed E-state index contributed by atoms with van der Waals surface area (Å²) in [6.45, 7) is 2.15. The minimum Gasteiger partial charge on any atom is -0.405 e. The summed E-state index contributed by atoms with van der Waals surface area (Å²) in [5.41, 5.74) is 16.2. The van der Waals surface area contributed by atoms with E-state index in [0.29, 0.717) is 0 Å². The fraction of sp³-hybridized carbons (Fsp3) is 0.0244. The Kier molecular flexibility index (Phi) is 6.46. The van der Waals surface area contributed by atoms with Gasteiger partial charge in [0.2, 0.25) is 0 Å². The molecule has 3 aromatic heterocycles. The number of fused-ring (bicyclic) bond motifs is 4. The van der Waals surface area contributed by atoms with Gasteiger partial charge < -0.3 is 10.3 Å². The van der Waals surface area contributed by atoms with Crippen LogP contribution in [0.15, 0.2) is 146 Å². The third-order valence-corrected chi connectivity index (χ3v) is 8.66. The van der Waals surface area contributed by atoms with Crippen LogP contribution in [0, 0.1) is 6.92 Å². The highest BCUT2D eigenvalue weighted by molar-refractivity contribution is 6.08. The van der Waals surface area contributed by atoms with Crippen LogP contribution in [0.1, 0.15) is 11.3 Å². The van der Waals surface area contributed by atoms with Crippen molar-refractivity contribution in [3.05, 3.63) is 157 Å². The Balaban J connectivity index is 1.31. The Bertz CT molecular complexity index is 2400. The predicted molar refractivity (Wildman–Crippen MR) is 188 cm³/mol. The van der Waals surface area contributed by atoms with Crippen LogP contribution in [-0.2, 0) is 0 Å². The number of aryl methyl sites for hydroxylation is 1. The van der Waals surface area contributed by atoms with Gasteiger partial charge in [-0.3, -0.25) is 4.98 Å². The molecule has 0 saturated carbocycles. The summed E-state index contributed by atoms with van der Waals surface area (Å²) in [7, 11) is 0. The van der Waals surface area contributed by atoms with Crippen molar-refractivity contribution < 1.29 is 0 Å². The molecule has 8 aromatic rings. The number of hydrogen-bond donors (Lipinski definition) is 1. The van der Waals surface area contributed by atoms with Gasteiger partial charge in [0.1, 0.15) is 0 Å². The van der Waals surface area contributed by atoms with E-state index in [-0.39, 0.29) is 0 Å². The highest BCUT2D eigenvalue weighted by Gasteiger charge is 2.16. The number of benzene rings is 5. The SMILES string of the molecule is Cc1c(/C=C\N)n(-c2cccc(-c3cc(-c4ccc5c(ccc6ccccc65)c4)cc(-c4ccccn4)n3)c2)c2ccccc12. The van der Waals surface area contributed by atoms with E-state index >= 15 is 0 Å². The number of aromatic nitrogens is 3. The summed E-state index contributed by atoms with van der Waals surface area (Å²) in [6.07, 6.45) is 5.40. The molecular weight excluding hydrogens is 548 g/mol. The summed E-state index contributed by atoms with van der Waals surface area (Å²) in [4.78, 5) is 9.81. The Morgan fingerprint density at radius 1 is 0.578 bits per heavy atom. The summed E-state index contributed by atoms with van der Waals surface area (Å²) in [6, 6.07) is 47.0. The molecular formula is C41H30N4. The van der Waals surface area contributed by atoms with E-state index in [1.807, 2.05) is 30.5 Å². The Morgan fingerprint density at radius 3 is 2.22 bits per heavy atom. The van der Waals surface area contributed by atoms with E-state index in [0.717, 1.165) is 50.7 Å². The van der Waals surface area contributed by atoms with Crippen LogP contribution in [-0.4, -0.2) is 14.5 Å². The number of para-hydroxylation sites is 1. The fourth-order valence-electron chi connectivity index (χ4n) is 6.48. The molecule has 0 aliphatic heterocycles. The second-order valence-corrected chi connectivity index (χ2v) is 11.3. The molecule has 45 heavy (non-hydrogen) atoms. The predicted octanol–water partition coefficient (Wildman–Crippen LogP) is 9.97. The van der Waals surface area contributed by atoms with Gasteiger partial charge in [-0.2, -0.15) is 0 Å². The summed E-state index contributed by atoms with van der Waals surface area (Å²) in [5.74, 6) is 0. The van der Waals surface area contributed by atoms with Gasteiger partial charge in [0, 0.05) is 22.8 Å². The zero-order valence-corrected chi connectivity index (χ0v) is 24.9. The molecule has 214 valence electrons. The smallest absolute Gasteiger partial charge is 0.0899 e. The number of rotatable bonds is 5. The van der Waals surface area contributed by atoms with Crippen molar-refractivity contribution in [3.8, 4) is 39.5 Å². The molecule has 3 heterocycles. The molecule has 0 saturated heterocycles. The van der Waals surface area contributed by atoms with Crippen LogP contribution in [0.3, 0.4) is 0 Å². The highest BCUT2D eigenvalue weighted by atomic mass is 15.0. The van der Waals surface area contributed by atoms with Gasteiger partial charge >= 0.3 is 0 Å². The number of nitrogens with two attached hydrogens (primary N) is 1. The number of hydrogen-bond acceptors (Lipinski definition) is 3. The van der Waals surface area contributed by atoms with Crippen molar-refractivity contribution in [1.82, 2.24) is 14.5 Å². The zero-order valence-electron chi connectivity index (χ0n) is 24.9. The lowest BCUT2D eigenvalue weighted by Gasteiger charge is -2.13. The lowest BCUT2D eigenvalue weighted by Crippen LogP contribution is -1.99. The zero-order chi connectivity index (χ0) is 30.3. The van der Waals surface area contributed by atoms with E-state index in [2.05, 4.69) is 132 Å². The van der Waals surface area contributed by atoms with Crippen molar-refractivity contribution in [2.75, 3.05) is 0 Å². The molecule has 0 bridgehead atoms. The van der Waals surface area contributed by atoms with Gasteiger partial charge in [0.05, 0.1) is 28.3 Å². The number of nitrogens with zero attached hydrogens (tertiary/aromatic N) is 3. The molecule has 0 fully saturated rings. The lowest BCUT2D eigenvalue weighted by atomic mass is 9.96. The normalized spacial score (nSPS) is 11.7. The highest BCUT2D eigenvalue weighted by Crippen LogP contribution is 2.35. The van der Waals surface area contributed by atoms with Gasteiger partial charge in [-0.15, -0.1) is 0 Å². The molecule has 4 nitrogen and oxygen atoms in total. The second-order valence-electron chi connectivity index (χ2n) is 11.3. The van der Waals surface area contributed by atoms with Gasteiger partial charge in [-0.25, -0.2) is 4.98 Å².